The van der Waals surface area contributed by atoms with Gasteiger partial charge in [-0.05, 0) is 73.6 Å². The number of phenolic OH excluding ortho intramolecular Hbond substituents is 1. The molecule has 0 bridgehead atoms. The molecule has 0 amide bonds. The second-order valence-corrected chi connectivity index (χ2v) is 9.79. The van der Waals surface area contributed by atoms with Crippen LogP contribution in [0.2, 0.25) is 0 Å². The van der Waals surface area contributed by atoms with E-state index in [-0.39, 0.29) is 28.5 Å². The molecule has 0 fully saturated rings. The molecule has 29 heavy (non-hydrogen) atoms. The third-order valence-corrected chi connectivity index (χ3v) is 7.29. The summed E-state index contributed by atoms with van der Waals surface area (Å²) in [4.78, 5) is 0. The van der Waals surface area contributed by atoms with Crippen LogP contribution < -0.4 is 0 Å². The van der Waals surface area contributed by atoms with E-state index in [0.29, 0.717) is 19.6 Å². The van der Waals surface area contributed by atoms with Crippen LogP contribution in [0.25, 0.3) is 0 Å². The molecule has 0 saturated heterocycles. The van der Waals surface area contributed by atoms with Gasteiger partial charge in [-0.25, -0.2) is 0 Å². The highest BCUT2D eigenvalue weighted by Crippen LogP contribution is 2.40. The maximum absolute atomic E-state index is 12.8. The first-order valence-electron chi connectivity index (χ1n) is 9.48. The van der Waals surface area contributed by atoms with E-state index in [4.69, 9.17) is 0 Å². The molecular formula is C20H28N4O5. The summed E-state index contributed by atoms with van der Waals surface area (Å²) < 4.78 is 1.24. The third kappa shape index (κ3) is 2.40. The number of benzene rings is 1. The molecule has 9 heteroatoms. The van der Waals surface area contributed by atoms with E-state index in [1.54, 1.807) is 55.4 Å². The molecule has 1 aromatic carbocycles. The van der Waals surface area contributed by atoms with Crippen LogP contribution in [0, 0.1) is 10.4 Å². The molecule has 1 aromatic rings. The lowest BCUT2D eigenvalue weighted by atomic mass is 9.84. The largest absolute Gasteiger partial charge is 0.714 e. The predicted molar refractivity (Wildman–Crippen MR) is 105 cm³/mol. The van der Waals surface area contributed by atoms with Crippen LogP contribution in [0.4, 0.5) is 0 Å². The summed E-state index contributed by atoms with van der Waals surface area (Å²) in [6.07, 6.45) is 0. The lowest BCUT2D eigenvalue weighted by molar-refractivity contribution is -0.540. The highest BCUT2D eigenvalue weighted by atomic mass is 16.5. The van der Waals surface area contributed by atoms with Gasteiger partial charge in [0.15, 0.2) is 11.1 Å². The number of aromatic hydroxyl groups is 1. The smallest absolute Gasteiger partial charge is 0.320 e. The second-order valence-electron chi connectivity index (χ2n) is 9.79. The van der Waals surface area contributed by atoms with E-state index in [2.05, 4.69) is 0 Å². The molecule has 0 unspecified atom stereocenters. The summed E-state index contributed by atoms with van der Waals surface area (Å²) in [6, 6.07) is 4.09. The molecule has 158 valence electrons. The van der Waals surface area contributed by atoms with Gasteiger partial charge in [0, 0.05) is 10.4 Å². The Bertz CT molecular complexity index is 946. The average molecular weight is 404 g/mol. The van der Waals surface area contributed by atoms with E-state index < -0.39 is 22.2 Å². The molecule has 9 nitrogen and oxygen atoms in total. The number of nitrogens with zero attached hydrogens (tertiary/aromatic N) is 4. The lowest BCUT2D eigenvalue weighted by Gasteiger charge is -2.32. The normalized spacial score (nSPS) is 24.6. The maximum atomic E-state index is 12.8. The summed E-state index contributed by atoms with van der Waals surface area (Å²) >= 11 is 0. The molecule has 0 aliphatic carbocycles. The first-order chi connectivity index (χ1) is 13.0. The first-order valence-corrected chi connectivity index (χ1v) is 9.48. The average Bonchev–Trinajstić information content (AvgIpc) is 2.80. The van der Waals surface area contributed by atoms with Gasteiger partial charge in [-0.15, -0.1) is 0 Å². The van der Waals surface area contributed by atoms with E-state index >= 15 is 0 Å². The zero-order valence-electron chi connectivity index (χ0n) is 18.1. The van der Waals surface area contributed by atoms with Crippen molar-refractivity contribution in [1.82, 2.24) is 10.1 Å². The zero-order valence-corrected chi connectivity index (χ0v) is 18.1. The number of hydrogen-bond donors (Lipinski definition) is 1. The third-order valence-electron chi connectivity index (χ3n) is 7.29. The molecule has 0 spiro atoms. The van der Waals surface area contributed by atoms with E-state index in [9.17, 15) is 25.9 Å². The van der Waals surface area contributed by atoms with E-state index in [1.165, 1.54) is 18.2 Å². The van der Waals surface area contributed by atoms with Gasteiger partial charge in [0.2, 0.25) is 0 Å². The Morgan fingerprint density at radius 1 is 0.793 bits per heavy atom. The first kappa shape index (κ1) is 21.2. The minimum absolute atomic E-state index is 0.0458. The quantitative estimate of drug-likeness (QED) is 0.599. The van der Waals surface area contributed by atoms with Gasteiger partial charge in [0.1, 0.15) is 22.4 Å². The molecule has 0 aromatic heterocycles. The van der Waals surface area contributed by atoms with Crippen molar-refractivity contribution >= 4 is 11.7 Å². The minimum Gasteiger partial charge on any atom is -0.714 e. The van der Waals surface area contributed by atoms with E-state index in [1.807, 2.05) is 0 Å². The summed E-state index contributed by atoms with van der Waals surface area (Å²) in [5.74, 6) is -0.694. The standard InChI is InChI=1S/C20H28N4O5/c1-17(2)18(3,4)22(27)15(21(17)26)12-9-10-13(14(25)11-12)16-23(28)19(5,6)20(7,8)24(16)29/h9-11,25H,1-8H3. The van der Waals surface area contributed by atoms with Crippen molar-refractivity contribution in [1.29, 1.82) is 0 Å². The summed E-state index contributed by atoms with van der Waals surface area (Å²) in [7, 11) is 0. The monoisotopic (exact) mass is 404 g/mol. The topological polar surface area (TPSA) is 119 Å². The van der Waals surface area contributed by atoms with Crippen molar-refractivity contribution in [2.75, 3.05) is 0 Å². The zero-order chi connectivity index (χ0) is 22.3. The summed E-state index contributed by atoms with van der Waals surface area (Å²) in [5, 5.41) is 63.1. The number of rotatable bonds is 2. The van der Waals surface area contributed by atoms with Crippen molar-refractivity contribution in [3.05, 3.63) is 39.7 Å². The fraction of sp³-hybridized carbons (Fsp3) is 0.600. The van der Waals surface area contributed by atoms with Crippen LogP contribution in [0.5, 0.6) is 5.75 Å². The van der Waals surface area contributed by atoms with Crippen LogP contribution in [0.15, 0.2) is 18.2 Å². The molecule has 1 N–H and O–H groups in total. The Kier molecular flexibility index (Phi) is 4.21. The van der Waals surface area contributed by atoms with Gasteiger partial charge >= 0.3 is 11.7 Å². The highest BCUT2D eigenvalue weighted by molar-refractivity contribution is 6.01. The van der Waals surface area contributed by atoms with Crippen LogP contribution in [-0.2, 0) is 10.4 Å². The fourth-order valence-corrected chi connectivity index (χ4v) is 3.53. The minimum atomic E-state index is -1.03. The number of amidine groups is 2. The highest BCUT2D eigenvalue weighted by Gasteiger charge is 2.61. The molecule has 2 aliphatic heterocycles. The Morgan fingerprint density at radius 3 is 1.55 bits per heavy atom. The Labute approximate surface area is 170 Å². The molecule has 3 rings (SSSR count). The number of hydroxylamine groups is 6. The van der Waals surface area contributed by atoms with Gasteiger partial charge in [-0.3, -0.25) is 9.48 Å². The van der Waals surface area contributed by atoms with Gasteiger partial charge < -0.3 is 15.5 Å². The van der Waals surface area contributed by atoms with Gasteiger partial charge in [0.25, 0.3) is 0 Å². The van der Waals surface area contributed by atoms with Crippen LogP contribution in [-0.4, -0.2) is 58.5 Å². The molecular weight excluding hydrogens is 376 g/mol. The fourth-order valence-electron chi connectivity index (χ4n) is 3.53. The maximum Gasteiger partial charge on any atom is 0.320 e. The lowest BCUT2D eigenvalue weighted by Crippen LogP contribution is -2.53. The Hall–Kier alpha value is -2.52. The predicted octanol–water partition coefficient (Wildman–Crippen LogP) is 2.34. The van der Waals surface area contributed by atoms with E-state index in [0.717, 1.165) is 0 Å². The van der Waals surface area contributed by atoms with Gasteiger partial charge in [0.05, 0.1) is 5.56 Å². The Morgan fingerprint density at radius 2 is 1.21 bits per heavy atom. The molecule has 2 aliphatic rings. The Balaban J connectivity index is 2.13. The van der Waals surface area contributed by atoms with Crippen LogP contribution >= 0.6 is 0 Å². The van der Waals surface area contributed by atoms with Gasteiger partial charge in [-0.2, -0.15) is 0 Å². The summed E-state index contributed by atoms with van der Waals surface area (Å²) in [5.41, 5.74) is -3.79. The summed E-state index contributed by atoms with van der Waals surface area (Å²) in [6.45, 7) is 13.3. The van der Waals surface area contributed by atoms with Gasteiger partial charge in [-0.1, -0.05) is 10.1 Å². The number of hydrogen-bond acceptors (Lipinski definition) is 5. The molecule has 0 atom stereocenters. The van der Waals surface area contributed by atoms with Crippen molar-refractivity contribution in [2.45, 2.75) is 77.5 Å². The SMILES string of the molecule is CC1(C)N([O])C(c2ccc(C3=[N+]([O-])C(C)(C)C(C)(C)N3[O])c(O)c2)=[N+]([O-])C1(C)C. The molecule has 2 radical (unpaired) electrons. The van der Waals surface area contributed by atoms with Crippen molar-refractivity contribution in [3.63, 3.8) is 0 Å². The molecule has 2 heterocycles. The second kappa shape index (κ2) is 5.76. The van der Waals surface area contributed by atoms with Crippen molar-refractivity contribution < 1.29 is 25.0 Å². The van der Waals surface area contributed by atoms with Crippen LogP contribution in [0.1, 0.15) is 66.5 Å². The molecule has 0 saturated carbocycles. The number of phenols is 1. The van der Waals surface area contributed by atoms with Crippen molar-refractivity contribution in [2.24, 2.45) is 0 Å². The van der Waals surface area contributed by atoms with Crippen LogP contribution in [0.3, 0.4) is 0 Å². The van der Waals surface area contributed by atoms with Crippen molar-refractivity contribution in [3.8, 4) is 5.75 Å².